The van der Waals surface area contributed by atoms with Crippen LogP contribution in [0.3, 0.4) is 0 Å². The van der Waals surface area contributed by atoms with E-state index in [0.717, 1.165) is 22.6 Å². The Kier molecular flexibility index (Phi) is 4.15. The molecule has 0 fully saturated rings. The number of carbonyl (C=O) groups is 1. The van der Waals surface area contributed by atoms with Crippen molar-refractivity contribution in [3.63, 3.8) is 0 Å². The van der Waals surface area contributed by atoms with Crippen LogP contribution in [0, 0.1) is 0 Å². The first-order valence-electron chi connectivity index (χ1n) is 6.50. The van der Waals surface area contributed by atoms with Crippen LogP contribution in [0.1, 0.15) is 41.8 Å². The van der Waals surface area contributed by atoms with Gasteiger partial charge in [-0.3, -0.25) is 4.68 Å². The third kappa shape index (κ3) is 3.14. The van der Waals surface area contributed by atoms with Crippen LogP contribution in [0.5, 0.6) is 0 Å². The smallest absolute Gasteiger partial charge is 0.347 e. The van der Waals surface area contributed by atoms with Crippen LogP contribution in [-0.2, 0) is 23.8 Å². The lowest BCUT2D eigenvalue weighted by Crippen LogP contribution is -2.13. The fourth-order valence-electron chi connectivity index (χ4n) is 2.07. The molecule has 0 bridgehead atoms. The zero-order valence-corrected chi connectivity index (χ0v) is 13.6. The van der Waals surface area contributed by atoms with Crippen LogP contribution in [0.25, 0.3) is 10.6 Å². The van der Waals surface area contributed by atoms with Gasteiger partial charge in [0.2, 0.25) is 0 Å². The molecule has 21 heavy (non-hydrogen) atoms. The molecule has 114 valence electrons. The highest BCUT2D eigenvalue weighted by Crippen LogP contribution is 2.35. The lowest BCUT2D eigenvalue weighted by molar-refractivity contribution is 0.0697. The number of ether oxygens (including phenoxy) is 1. The predicted molar refractivity (Wildman–Crippen MR) is 80.7 cm³/mol. The fourth-order valence-corrected chi connectivity index (χ4v) is 2.99. The van der Waals surface area contributed by atoms with Crippen molar-refractivity contribution in [3.8, 4) is 10.6 Å². The zero-order valence-electron chi connectivity index (χ0n) is 12.8. The monoisotopic (exact) mass is 309 g/mol. The maximum absolute atomic E-state index is 11.3. The Morgan fingerprint density at radius 2 is 2.14 bits per heavy atom. The molecule has 0 saturated heterocycles. The number of nitrogens with zero attached hydrogens (tertiary/aromatic N) is 3. The Morgan fingerprint density at radius 1 is 1.48 bits per heavy atom. The Morgan fingerprint density at radius 3 is 2.67 bits per heavy atom. The SMILES string of the molecule is COCc1nc(-c2cn(C)nc2C(C)(C)C)sc1C(=O)O. The van der Waals surface area contributed by atoms with E-state index < -0.39 is 5.97 Å². The van der Waals surface area contributed by atoms with Gasteiger partial charge in [-0.15, -0.1) is 11.3 Å². The zero-order chi connectivity index (χ0) is 15.8. The minimum atomic E-state index is -0.980. The number of carboxylic acids is 1. The van der Waals surface area contributed by atoms with Gasteiger partial charge in [0.1, 0.15) is 9.88 Å². The lowest BCUT2D eigenvalue weighted by Gasteiger charge is -2.16. The maximum atomic E-state index is 11.3. The molecule has 0 aliphatic heterocycles. The highest BCUT2D eigenvalue weighted by atomic mass is 32.1. The Balaban J connectivity index is 2.57. The van der Waals surface area contributed by atoms with Gasteiger partial charge in [-0.25, -0.2) is 9.78 Å². The van der Waals surface area contributed by atoms with Crippen LogP contribution in [0.15, 0.2) is 6.20 Å². The van der Waals surface area contributed by atoms with Gasteiger partial charge in [-0.05, 0) is 0 Å². The standard InChI is InChI=1S/C14H19N3O3S/c1-14(2,3)11-8(6-17(4)16-11)12-15-9(7-20-5)10(21-12)13(18)19/h6H,7H2,1-5H3,(H,18,19). The minimum absolute atomic E-state index is 0.146. The summed E-state index contributed by atoms with van der Waals surface area (Å²) in [6.07, 6.45) is 1.88. The second-order valence-electron chi connectivity index (χ2n) is 5.85. The second kappa shape index (κ2) is 5.57. The molecule has 1 N–H and O–H groups in total. The van der Waals surface area contributed by atoms with Crippen LogP contribution in [0.2, 0.25) is 0 Å². The maximum Gasteiger partial charge on any atom is 0.347 e. The third-order valence-electron chi connectivity index (χ3n) is 2.94. The van der Waals surface area contributed by atoms with E-state index in [1.807, 2.05) is 13.2 Å². The van der Waals surface area contributed by atoms with E-state index in [9.17, 15) is 9.90 Å². The average molecular weight is 309 g/mol. The van der Waals surface area contributed by atoms with Crippen molar-refractivity contribution in [2.24, 2.45) is 7.05 Å². The summed E-state index contributed by atoms with van der Waals surface area (Å²) in [6, 6.07) is 0. The lowest BCUT2D eigenvalue weighted by atomic mass is 9.90. The first-order chi connectivity index (χ1) is 9.74. The van der Waals surface area contributed by atoms with Crippen LogP contribution in [-0.4, -0.2) is 33.0 Å². The molecule has 0 atom stereocenters. The van der Waals surface area contributed by atoms with Gasteiger partial charge < -0.3 is 9.84 Å². The van der Waals surface area contributed by atoms with Crippen molar-refractivity contribution in [1.29, 1.82) is 0 Å². The van der Waals surface area contributed by atoms with Crippen molar-refractivity contribution >= 4 is 17.3 Å². The molecule has 0 aliphatic carbocycles. The summed E-state index contributed by atoms with van der Waals surface area (Å²) < 4.78 is 6.76. The van der Waals surface area contributed by atoms with Crippen molar-refractivity contribution in [2.75, 3.05) is 7.11 Å². The summed E-state index contributed by atoms with van der Waals surface area (Å²) in [5, 5.41) is 14.4. The van der Waals surface area contributed by atoms with E-state index in [1.165, 1.54) is 7.11 Å². The van der Waals surface area contributed by atoms with Crippen molar-refractivity contribution < 1.29 is 14.6 Å². The van der Waals surface area contributed by atoms with E-state index in [4.69, 9.17) is 4.74 Å². The summed E-state index contributed by atoms with van der Waals surface area (Å²) in [5.74, 6) is -0.980. The van der Waals surface area contributed by atoms with Gasteiger partial charge >= 0.3 is 5.97 Å². The Hall–Kier alpha value is -1.73. The Labute approximate surface area is 127 Å². The molecule has 2 aromatic rings. The van der Waals surface area contributed by atoms with E-state index in [1.54, 1.807) is 4.68 Å². The van der Waals surface area contributed by atoms with Gasteiger partial charge in [0.25, 0.3) is 0 Å². The number of aromatic nitrogens is 3. The van der Waals surface area contributed by atoms with Gasteiger partial charge in [0, 0.05) is 25.8 Å². The summed E-state index contributed by atoms with van der Waals surface area (Å²) in [7, 11) is 3.37. The number of hydrogen-bond acceptors (Lipinski definition) is 5. The number of aromatic carboxylic acids is 1. The number of carboxylic acid groups (broad SMARTS) is 1. The molecule has 0 spiro atoms. The molecule has 2 aromatic heterocycles. The first-order valence-corrected chi connectivity index (χ1v) is 7.32. The van der Waals surface area contributed by atoms with Gasteiger partial charge in [-0.2, -0.15) is 5.10 Å². The van der Waals surface area contributed by atoms with E-state index in [2.05, 4.69) is 30.9 Å². The summed E-state index contributed by atoms with van der Waals surface area (Å²) in [5.41, 5.74) is 2.08. The summed E-state index contributed by atoms with van der Waals surface area (Å²) >= 11 is 1.16. The molecule has 6 nitrogen and oxygen atoms in total. The molecule has 0 saturated carbocycles. The quantitative estimate of drug-likeness (QED) is 0.939. The summed E-state index contributed by atoms with van der Waals surface area (Å²) in [6.45, 7) is 6.39. The van der Waals surface area contributed by atoms with Crippen LogP contribution < -0.4 is 0 Å². The summed E-state index contributed by atoms with van der Waals surface area (Å²) in [4.78, 5) is 16.0. The van der Waals surface area contributed by atoms with E-state index in [-0.39, 0.29) is 16.9 Å². The number of thiazole rings is 1. The number of hydrogen-bond donors (Lipinski definition) is 1. The number of methoxy groups -OCH3 is 1. The molecular formula is C14H19N3O3S. The van der Waals surface area contributed by atoms with Crippen LogP contribution >= 0.6 is 11.3 Å². The van der Waals surface area contributed by atoms with E-state index >= 15 is 0 Å². The molecule has 2 heterocycles. The molecule has 0 radical (unpaired) electrons. The fraction of sp³-hybridized carbons (Fsp3) is 0.500. The number of rotatable bonds is 4. The van der Waals surface area contributed by atoms with Crippen molar-refractivity contribution in [2.45, 2.75) is 32.8 Å². The van der Waals surface area contributed by atoms with Gasteiger partial charge in [0.15, 0.2) is 0 Å². The van der Waals surface area contributed by atoms with Crippen molar-refractivity contribution in [3.05, 3.63) is 22.5 Å². The molecule has 0 aromatic carbocycles. The largest absolute Gasteiger partial charge is 0.477 e. The molecule has 0 unspecified atom stereocenters. The molecule has 7 heteroatoms. The highest BCUT2D eigenvalue weighted by molar-refractivity contribution is 7.17. The highest BCUT2D eigenvalue weighted by Gasteiger charge is 2.26. The van der Waals surface area contributed by atoms with E-state index in [0.29, 0.717) is 10.7 Å². The predicted octanol–water partition coefficient (Wildman–Crippen LogP) is 2.69. The number of aryl methyl sites for hydroxylation is 1. The second-order valence-corrected chi connectivity index (χ2v) is 6.85. The average Bonchev–Trinajstić information content (AvgIpc) is 2.92. The molecule has 0 aliphatic rings. The topological polar surface area (TPSA) is 77.2 Å². The minimum Gasteiger partial charge on any atom is -0.477 e. The normalized spacial score (nSPS) is 11.9. The third-order valence-corrected chi connectivity index (χ3v) is 4.06. The van der Waals surface area contributed by atoms with Crippen molar-refractivity contribution in [1.82, 2.24) is 14.8 Å². The Bertz CT molecular complexity index is 668. The molecule has 0 amide bonds. The van der Waals surface area contributed by atoms with Gasteiger partial charge in [-0.1, -0.05) is 20.8 Å². The molecule has 2 rings (SSSR count). The first kappa shape index (κ1) is 15.7. The molecular weight excluding hydrogens is 290 g/mol. The van der Waals surface area contributed by atoms with Crippen LogP contribution in [0.4, 0.5) is 0 Å². The van der Waals surface area contributed by atoms with Gasteiger partial charge in [0.05, 0.1) is 23.6 Å².